The average molecular weight is 401 g/mol. The lowest BCUT2D eigenvalue weighted by atomic mass is 10.1. The Hall–Kier alpha value is -1.84. The zero-order valence-electron chi connectivity index (χ0n) is 17.0. The summed E-state index contributed by atoms with van der Waals surface area (Å²) >= 11 is 0. The number of rotatable bonds is 10. The van der Waals surface area contributed by atoms with Crippen LogP contribution in [0.4, 0.5) is 0 Å². The van der Waals surface area contributed by atoms with Gasteiger partial charge in [0.25, 0.3) is 0 Å². The van der Waals surface area contributed by atoms with E-state index in [0.717, 1.165) is 23.1 Å². The number of ether oxygens (including phenoxy) is 2. The van der Waals surface area contributed by atoms with Crippen LogP contribution >= 0.6 is 0 Å². The van der Waals surface area contributed by atoms with Crippen molar-refractivity contribution in [3.63, 3.8) is 0 Å². The minimum Gasteiger partial charge on any atom is -0.491 e. The van der Waals surface area contributed by atoms with Gasteiger partial charge in [-0.2, -0.15) is 0 Å². The van der Waals surface area contributed by atoms with Crippen molar-refractivity contribution in [2.24, 2.45) is 4.99 Å². The van der Waals surface area contributed by atoms with Gasteiger partial charge in [-0.15, -0.1) is 0 Å². The molecule has 0 unspecified atom stereocenters. The first-order chi connectivity index (χ1) is 12.6. The molecular weight excluding hydrogens is 368 g/mol. The van der Waals surface area contributed by atoms with Crippen LogP contribution in [0, 0.1) is 6.92 Å². The van der Waals surface area contributed by atoms with Crippen LogP contribution in [-0.4, -0.2) is 60.1 Å². The summed E-state index contributed by atoms with van der Waals surface area (Å²) in [6.07, 6.45) is 1.14. The molecule has 0 bridgehead atoms. The van der Waals surface area contributed by atoms with Crippen LogP contribution in [-0.2, 0) is 21.3 Å². The molecule has 0 aliphatic carbocycles. The second kappa shape index (κ2) is 10.5. The Bertz CT molecular complexity index is 733. The fourth-order valence-electron chi connectivity index (χ4n) is 2.42. The summed E-state index contributed by atoms with van der Waals surface area (Å²) in [7, 11) is 0.0113. The van der Waals surface area contributed by atoms with Crippen LogP contribution in [0.5, 0.6) is 5.75 Å². The summed E-state index contributed by atoms with van der Waals surface area (Å²) in [5.41, 5.74) is 1.46. The van der Waals surface area contributed by atoms with E-state index in [1.807, 2.05) is 25.1 Å². The van der Waals surface area contributed by atoms with Gasteiger partial charge in [-0.05, 0) is 32.4 Å². The summed E-state index contributed by atoms with van der Waals surface area (Å²) in [5.74, 6) is 1.37. The summed E-state index contributed by atoms with van der Waals surface area (Å²) in [6, 6.07) is 6.02. The number of aryl methyl sites for hydroxylation is 1. The molecule has 154 valence electrons. The summed E-state index contributed by atoms with van der Waals surface area (Å²) < 4.78 is 36.3. The van der Waals surface area contributed by atoms with Crippen LogP contribution in [0.2, 0.25) is 0 Å². The highest BCUT2D eigenvalue weighted by Crippen LogP contribution is 2.20. The first kappa shape index (κ1) is 23.2. The lowest BCUT2D eigenvalue weighted by Gasteiger charge is -2.26. The summed E-state index contributed by atoms with van der Waals surface area (Å²) in [4.78, 5) is 4.18. The van der Waals surface area contributed by atoms with Crippen molar-refractivity contribution in [3.8, 4) is 5.75 Å². The zero-order valence-corrected chi connectivity index (χ0v) is 17.9. The van der Waals surface area contributed by atoms with E-state index in [4.69, 9.17) is 9.47 Å². The van der Waals surface area contributed by atoms with Crippen molar-refractivity contribution >= 4 is 16.0 Å². The molecule has 0 aromatic heterocycles. The third-order valence-corrected chi connectivity index (χ3v) is 4.52. The molecule has 0 saturated carbocycles. The highest BCUT2D eigenvalue weighted by Gasteiger charge is 2.22. The van der Waals surface area contributed by atoms with E-state index >= 15 is 0 Å². The lowest BCUT2D eigenvalue weighted by Crippen LogP contribution is -2.52. The molecule has 27 heavy (non-hydrogen) atoms. The highest BCUT2D eigenvalue weighted by atomic mass is 32.2. The van der Waals surface area contributed by atoms with Crippen molar-refractivity contribution in [1.29, 1.82) is 0 Å². The molecule has 8 nitrogen and oxygen atoms in total. The molecule has 0 fully saturated rings. The second-order valence-electron chi connectivity index (χ2n) is 6.99. The zero-order chi connectivity index (χ0) is 20.5. The number of hydrogen-bond donors (Lipinski definition) is 3. The van der Waals surface area contributed by atoms with Gasteiger partial charge in [-0.3, -0.25) is 4.99 Å². The molecule has 1 aromatic rings. The Morgan fingerprint density at radius 3 is 2.52 bits per heavy atom. The minimum absolute atomic E-state index is 0.380. The lowest BCUT2D eigenvalue weighted by molar-refractivity contribution is 0.145. The molecule has 0 heterocycles. The van der Waals surface area contributed by atoms with E-state index in [9.17, 15) is 8.42 Å². The van der Waals surface area contributed by atoms with Crippen molar-refractivity contribution < 1.29 is 17.9 Å². The Labute approximate surface area is 162 Å². The molecular formula is C18H32N4O4S. The SMILES string of the molecule is CN=C(NCc1ccc(C)cc1OCCOC)NCC(C)(C)NS(C)(=O)=O. The van der Waals surface area contributed by atoms with Gasteiger partial charge in [-0.1, -0.05) is 12.1 Å². The topological polar surface area (TPSA) is 101 Å². The van der Waals surface area contributed by atoms with Gasteiger partial charge in [0.2, 0.25) is 10.0 Å². The molecule has 3 N–H and O–H groups in total. The van der Waals surface area contributed by atoms with E-state index in [-0.39, 0.29) is 0 Å². The monoisotopic (exact) mass is 400 g/mol. The van der Waals surface area contributed by atoms with Gasteiger partial charge in [0.1, 0.15) is 12.4 Å². The van der Waals surface area contributed by atoms with Gasteiger partial charge < -0.3 is 20.1 Å². The smallest absolute Gasteiger partial charge is 0.209 e. The Morgan fingerprint density at radius 1 is 1.22 bits per heavy atom. The van der Waals surface area contributed by atoms with Gasteiger partial charge >= 0.3 is 0 Å². The molecule has 0 amide bonds. The van der Waals surface area contributed by atoms with Crippen molar-refractivity contribution in [2.45, 2.75) is 32.9 Å². The van der Waals surface area contributed by atoms with E-state index in [1.165, 1.54) is 0 Å². The van der Waals surface area contributed by atoms with Crippen molar-refractivity contribution in [1.82, 2.24) is 15.4 Å². The Balaban J connectivity index is 2.67. The molecule has 0 saturated heterocycles. The molecule has 0 aliphatic rings. The third-order valence-electron chi connectivity index (χ3n) is 3.60. The standard InChI is InChI=1S/C18H32N4O4S/c1-14-7-8-15(16(11-14)26-10-9-25-5)12-20-17(19-4)21-13-18(2,3)22-27(6,23)24/h7-8,11,22H,9-10,12-13H2,1-6H3,(H2,19,20,21). The molecule has 0 spiro atoms. The van der Waals surface area contributed by atoms with Gasteiger partial charge in [0.15, 0.2) is 5.96 Å². The second-order valence-corrected chi connectivity index (χ2v) is 8.74. The van der Waals surface area contributed by atoms with E-state index < -0.39 is 15.6 Å². The number of aliphatic imine (C=N–C) groups is 1. The minimum atomic E-state index is -3.29. The van der Waals surface area contributed by atoms with Crippen LogP contribution in [0.3, 0.4) is 0 Å². The Morgan fingerprint density at radius 2 is 1.93 bits per heavy atom. The van der Waals surface area contributed by atoms with Crippen LogP contribution in [0.1, 0.15) is 25.0 Å². The van der Waals surface area contributed by atoms with Gasteiger partial charge in [0.05, 0.1) is 12.9 Å². The van der Waals surface area contributed by atoms with Gasteiger partial charge in [0, 0.05) is 38.3 Å². The summed E-state index contributed by atoms with van der Waals surface area (Å²) in [5, 5.41) is 6.36. The predicted octanol–water partition coefficient (Wildman–Crippen LogP) is 1.01. The quantitative estimate of drug-likeness (QED) is 0.308. The molecule has 1 rings (SSSR count). The maximum absolute atomic E-state index is 11.4. The summed E-state index contributed by atoms with van der Waals surface area (Å²) in [6.45, 7) is 7.51. The van der Waals surface area contributed by atoms with E-state index in [2.05, 4.69) is 20.3 Å². The molecule has 0 radical (unpaired) electrons. The van der Waals surface area contributed by atoms with Crippen LogP contribution < -0.4 is 20.1 Å². The molecule has 1 aromatic carbocycles. The highest BCUT2D eigenvalue weighted by molar-refractivity contribution is 7.88. The fraction of sp³-hybridized carbons (Fsp3) is 0.611. The van der Waals surface area contributed by atoms with E-state index in [0.29, 0.717) is 32.3 Å². The fourth-order valence-corrected chi connectivity index (χ4v) is 3.50. The first-order valence-electron chi connectivity index (χ1n) is 8.71. The number of nitrogens with zero attached hydrogens (tertiary/aromatic N) is 1. The molecule has 0 aliphatic heterocycles. The van der Waals surface area contributed by atoms with E-state index in [1.54, 1.807) is 28.0 Å². The van der Waals surface area contributed by atoms with Crippen LogP contribution in [0.15, 0.2) is 23.2 Å². The average Bonchev–Trinajstić information content (AvgIpc) is 2.54. The number of guanidine groups is 1. The largest absolute Gasteiger partial charge is 0.491 e. The maximum atomic E-state index is 11.4. The van der Waals surface area contributed by atoms with Crippen molar-refractivity contribution in [2.75, 3.05) is 40.2 Å². The maximum Gasteiger partial charge on any atom is 0.209 e. The number of sulfonamides is 1. The third kappa shape index (κ3) is 9.60. The molecule has 0 atom stereocenters. The normalized spacial score (nSPS) is 12.7. The number of nitrogens with one attached hydrogen (secondary N) is 3. The number of methoxy groups -OCH3 is 1. The van der Waals surface area contributed by atoms with Crippen molar-refractivity contribution in [3.05, 3.63) is 29.3 Å². The van der Waals surface area contributed by atoms with Gasteiger partial charge in [-0.25, -0.2) is 13.1 Å². The predicted molar refractivity (Wildman–Crippen MR) is 109 cm³/mol. The first-order valence-corrected chi connectivity index (χ1v) is 10.6. The molecule has 9 heteroatoms. The Kier molecular flexibility index (Phi) is 9.01. The van der Waals surface area contributed by atoms with Crippen LogP contribution in [0.25, 0.3) is 0 Å². The number of benzene rings is 1. The number of hydrogen-bond acceptors (Lipinski definition) is 5.